The monoisotopic (exact) mass is 398 g/mol. The first-order chi connectivity index (χ1) is 13.4. The van der Waals surface area contributed by atoms with Crippen molar-refractivity contribution in [3.63, 3.8) is 0 Å². The molecule has 0 saturated heterocycles. The highest BCUT2D eigenvalue weighted by atomic mass is 32.1. The topological polar surface area (TPSA) is 102 Å². The second-order valence-corrected chi connectivity index (χ2v) is 7.11. The van der Waals surface area contributed by atoms with Gasteiger partial charge in [-0.3, -0.25) is 9.59 Å². The van der Waals surface area contributed by atoms with E-state index in [-0.39, 0.29) is 5.56 Å². The van der Waals surface area contributed by atoms with Gasteiger partial charge in [0.2, 0.25) is 5.78 Å². The van der Waals surface area contributed by atoms with Gasteiger partial charge in [-0.25, -0.2) is 18.7 Å². The molecule has 0 aliphatic carbocycles. The molecular weight excluding hydrogens is 386 g/mol. The molecule has 0 saturated carbocycles. The number of hydrogen-bond donors (Lipinski definition) is 2. The number of nitrogens with one attached hydrogen (secondary N) is 1. The van der Waals surface area contributed by atoms with Gasteiger partial charge in [-0.1, -0.05) is 0 Å². The number of nitrogens with two attached hydrogens (primary N) is 1. The smallest absolute Gasteiger partial charge is 0.251 e. The van der Waals surface area contributed by atoms with Crippen LogP contribution in [0.5, 0.6) is 0 Å². The van der Waals surface area contributed by atoms with Crippen LogP contribution >= 0.6 is 11.3 Å². The lowest BCUT2D eigenvalue weighted by Crippen LogP contribution is -2.17. The Kier molecular flexibility index (Phi) is 4.23. The first kappa shape index (κ1) is 17.9. The third kappa shape index (κ3) is 2.85. The maximum Gasteiger partial charge on any atom is 0.251 e. The minimum absolute atomic E-state index is 0.0238. The predicted molar refractivity (Wildman–Crippen MR) is 100 cm³/mol. The van der Waals surface area contributed by atoms with Gasteiger partial charge in [0.25, 0.3) is 5.91 Å². The van der Waals surface area contributed by atoms with Crippen LogP contribution in [0.15, 0.2) is 36.0 Å². The van der Waals surface area contributed by atoms with Crippen LogP contribution in [0.25, 0.3) is 22.3 Å². The van der Waals surface area contributed by atoms with E-state index in [9.17, 15) is 18.4 Å². The Morgan fingerprint density at radius 3 is 2.68 bits per heavy atom. The number of halogens is 2. The standard InChI is InChI=1S/C19H12F2N4O2S/c1-8-25-14(7-28-8)9-4-11-12(6-24-19(11)23-5-9)17(26)15-13(20)3-2-10(16(15)21)18(22)27/h2-7H,1H3,(H2,22,27)(H,23,24). The van der Waals surface area contributed by atoms with Crippen LogP contribution in [0.2, 0.25) is 0 Å². The average molecular weight is 398 g/mol. The van der Waals surface area contributed by atoms with Crippen LogP contribution in [0, 0.1) is 18.6 Å². The number of aromatic amines is 1. The Labute approximate surface area is 161 Å². The number of hydrogen-bond acceptors (Lipinski definition) is 5. The molecule has 0 atom stereocenters. The third-order valence-electron chi connectivity index (χ3n) is 4.27. The summed E-state index contributed by atoms with van der Waals surface area (Å²) in [6, 6.07) is 3.42. The number of primary amides is 1. The number of carbonyl (C=O) groups excluding carboxylic acids is 2. The summed E-state index contributed by atoms with van der Waals surface area (Å²) in [6.07, 6.45) is 2.92. The van der Waals surface area contributed by atoms with Gasteiger partial charge in [0, 0.05) is 34.3 Å². The van der Waals surface area contributed by atoms with E-state index in [2.05, 4.69) is 15.0 Å². The molecule has 3 heterocycles. The first-order valence-corrected chi connectivity index (χ1v) is 8.97. The van der Waals surface area contributed by atoms with Crippen molar-refractivity contribution in [2.45, 2.75) is 6.92 Å². The van der Waals surface area contributed by atoms with Gasteiger partial charge < -0.3 is 10.7 Å². The summed E-state index contributed by atoms with van der Waals surface area (Å²) in [5.41, 5.74) is 5.45. The number of rotatable bonds is 4. The summed E-state index contributed by atoms with van der Waals surface area (Å²) in [4.78, 5) is 35.7. The third-order valence-corrected chi connectivity index (χ3v) is 5.05. The first-order valence-electron chi connectivity index (χ1n) is 8.09. The Morgan fingerprint density at radius 1 is 1.21 bits per heavy atom. The molecule has 4 aromatic rings. The van der Waals surface area contributed by atoms with Crippen molar-refractivity contribution >= 4 is 34.1 Å². The molecule has 0 unspecified atom stereocenters. The zero-order valence-corrected chi connectivity index (χ0v) is 15.2. The molecule has 0 aliphatic rings. The predicted octanol–water partition coefficient (Wildman–Crippen LogP) is 3.60. The summed E-state index contributed by atoms with van der Waals surface area (Å²) in [6.45, 7) is 1.86. The maximum absolute atomic E-state index is 14.6. The fraction of sp³-hybridized carbons (Fsp3) is 0.0526. The quantitative estimate of drug-likeness (QED) is 0.513. The summed E-state index contributed by atoms with van der Waals surface area (Å²) >= 11 is 1.47. The number of H-pyrrole nitrogens is 1. The van der Waals surface area contributed by atoms with E-state index in [0.717, 1.165) is 17.1 Å². The fourth-order valence-corrected chi connectivity index (χ4v) is 3.53. The van der Waals surface area contributed by atoms with Crippen LogP contribution in [-0.4, -0.2) is 26.6 Å². The minimum Gasteiger partial charge on any atom is -0.366 e. The molecule has 140 valence electrons. The lowest BCUT2D eigenvalue weighted by molar-refractivity contribution is 0.0996. The number of pyridine rings is 1. The number of ketones is 1. The summed E-state index contributed by atoms with van der Waals surface area (Å²) in [5.74, 6) is -4.38. The Morgan fingerprint density at radius 2 is 2.00 bits per heavy atom. The Bertz CT molecular complexity index is 1260. The molecular formula is C19H12F2N4O2S. The van der Waals surface area contributed by atoms with Crippen molar-refractivity contribution in [1.29, 1.82) is 0 Å². The van der Waals surface area contributed by atoms with Gasteiger partial charge in [0.15, 0.2) is 0 Å². The number of carbonyl (C=O) groups is 2. The minimum atomic E-state index is -1.29. The van der Waals surface area contributed by atoms with Gasteiger partial charge in [-0.15, -0.1) is 11.3 Å². The van der Waals surface area contributed by atoms with Crippen LogP contribution in [0.3, 0.4) is 0 Å². The Balaban J connectivity index is 1.87. The van der Waals surface area contributed by atoms with E-state index in [4.69, 9.17) is 5.73 Å². The number of benzene rings is 1. The maximum atomic E-state index is 14.6. The zero-order valence-electron chi connectivity index (χ0n) is 14.4. The van der Waals surface area contributed by atoms with Crippen molar-refractivity contribution in [3.8, 4) is 11.3 Å². The zero-order chi connectivity index (χ0) is 20.0. The SMILES string of the molecule is Cc1nc(-c2cnc3[nH]cc(C(=O)c4c(F)ccc(C(N)=O)c4F)c3c2)cs1. The highest BCUT2D eigenvalue weighted by molar-refractivity contribution is 7.09. The number of aromatic nitrogens is 3. The molecule has 0 radical (unpaired) electrons. The number of aryl methyl sites for hydroxylation is 1. The summed E-state index contributed by atoms with van der Waals surface area (Å²) < 4.78 is 28.8. The molecule has 3 N–H and O–H groups in total. The van der Waals surface area contributed by atoms with Gasteiger partial charge >= 0.3 is 0 Å². The Hall–Kier alpha value is -3.46. The van der Waals surface area contributed by atoms with Crippen molar-refractivity contribution in [2.24, 2.45) is 5.73 Å². The molecule has 3 aromatic heterocycles. The number of amides is 1. The van der Waals surface area contributed by atoms with Crippen LogP contribution < -0.4 is 5.73 Å². The molecule has 0 fully saturated rings. The molecule has 0 bridgehead atoms. The van der Waals surface area contributed by atoms with Crippen LogP contribution in [0.4, 0.5) is 8.78 Å². The lowest BCUT2D eigenvalue weighted by atomic mass is 9.99. The van der Waals surface area contributed by atoms with Crippen LogP contribution in [-0.2, 0) is 0 Å². The average Bonchev–Trinajstić information content (AvgIpc) is 3.26. The summed E-state index contributed by atoms with van der Waals surface area (Å²) in [7, 11) is 0. The molecule has 1 amide bonds. The van der Waals surface area contributed by atoms with Crippen molar-refractivity contribution in [1.82, 2.24) is 15.0 Å². The highest BCUT2D eigenvalue weighted by Crippen LogP contribution is 2.28. The van der Waals surface area contributed by atoms with E-state index in [1.54, 1.807) is 12.3 Å². The second-order valence-electron chi connectivity index (χ2n) is 6.05. The second kappa shape index (κ2) is 6.61. The molecule has 28 heavy (non-hydrogen) atoms. The van der Waals surface area contributed by atoms with Gasteiger partial charge in [-0.2, -0.15) is 0 Å². The molecule has 0 spiro atoms. The van der Waals surface area contributed by atoms with Gasteiger partial charge in [0.1, 0.15) is 17.3 Å². The van der Waals surface area contributed by atoms with E-state index < -0.39 is 34.5 Å². The fourth-order valence-electron chi connectivity index (χ4n) is 2.91. The van der Waals surface area contributed by atoms with Crippen molar-refractivity contribution in [2.75, 3.05) is 0 Å². The van der Waals surface area contributed by atoms with E-state index in [1.165, 1.54) is 17.5 Å². The molecule has 1 aromatic carbocycles. The van der Waals surface area contributed by atoms with Gasteiger partial charge in [-0.05, 0) is 25.1 Å². The molecule has 4 rings (SSSR count). The van der Waals surface area contributed by atoms with E-state index >= 15 is 0 Å². The number of thiazole rings is 1. The van der Waals surface area contributed by atoms with E-state index in [0.29, 0.717) is 22.3 Å². The van der Waals surface area contributed by atoms with Crippen molar-refractivity contribution < 1.29 is 18.4 Å². The number of fused-ring (bicyclic) bond motifs is 1. The normalized spacial score (nSPS) is 11.1. The van der Waals surface area contributed by atoms with Crippen molar-refractivity contribution in [3.05, 3.63) is 69.3 Å². The largest absolute Gasteiger partial charge is 0.366 e. The highest BCUT2D eigenvalue weighted by Gasteiger charge is 2.26. The van der Waals surface area contributed by atoms with Crippen LogP contribution in [0.1, 0.15) is 31.3 Å². The van der Waals surface area contributed by atoms with E-state index in [1.807, 2.05) is 12.3 Å². The molecule has 9 heteroatoms. The number of nitrogens with zero attached hydrogens (tertiary/aromatic N) is 2. The van der Waals surface area contributed by atoms with Gasteiger partial charge in [0.05, 0.1) is 21.8 Å². The molecule has 6 nitrogen and oxygen atoms in total. The summed E-state index contributed by atoms with van der Waals surface area (Å²) in [5, 5.41) is 3.10. The lowest BCUT2D eigenvalue weighted by Gasteiger charge is -2.07. The molecule has 0 aliphatic heterocycles.